The molecular formula is C13H14ClN5O2. The van der Waals surface area contributed by atoms with E-state index < -0.39 is 0 Å². The molecule has 2 aromatic rings. The Labute approximate surface area is 126 Å². The van der Waals surface area contributed by atoms with Crippen molar-refractivity contribution in [3.63, 3.8) is 0 Å². The monoisotopic (exact) mass is 307 g/mol. The van der Waals surface area contributed by atoms with E-state index in [0.717, 1.165) is 5.69 Å². The highest BCUT2D eigenvalue weighted by Gasteiger charge is 2.16. The molecule has 0 radical (unpaired) electrons. The minimum atomic E-state index is 0.0987. The number of pyridine rings is 1. The molecule has 2 aromatic heterocycles. The van der Waals surface area contributed by atoms with Crippen LogP contribution in [-0.4, -0.2) is 46.2 Å². The number of hydrogen-bond acceptors (Lipinski definition) is 7. The van der Waals surface area contributed by atoms with Gasteiger partial charge in [-0.1, -0.05) is 0 Å². The van der Waals surface area contributed by atoms with Gasteiger partial charge in [0.25, 0.3) is 0 Å². The van der Waals surface area contributed by atoms with Crippen LogP contribution in [0.25, 0.3) is 0 Å². The minimum absolute atomic E-state index is 0.0987. The van der Waals surface area contributed by atoms with Gasteiger partial charge in [0.05, 0.1) is 19.4 Å². The summed E-state index contributed by atoms with van der Waals surface area (Å²) in [5.41, 5.74) is 0.907. The molecule has 8 heteroatoms. The summed E-state index contributed by atoms with van der Waals surface area (Å²) in [4.78, 5) is 18.5. The second-order valence-electron chi connectivity index (χ2n) is 4.52. The second kappa shape index (κ2) is 6.19. The van der Waals surface area contributed by atoms with Crippen LogP contribution in [0.15, 0.2) is 18.3 Å². The second-order valence-corrected chi connectivity index (χ2v) is 4.86. The van der Waals surface area contributed by atoms with E-state index in [1.807, 2.05) is 17.9 Å². The van der Waals surface area contributed by atoms with Crippen molar-refractivity contribution in [2.24, 2.45) is 0 Å². The first-order chi connectivity index (χ1) is 10.2. The van der Waals surface area contributed by atoms with E-state index in [4.69, 9.17) is 21.1 Å². The van der Waals surface area contributed by atoms with Gasteiger partial charge in [0.15, 0.2) is 0 Å². The fourth-order valence-corrected chi connectivity index (χ4v) is 2.04. The number of anilines is 1. The Morgan fingerprint density at radius 1 is 1.19 bits per heavy atom. The van der Waals surface area contributed by atoms with Gasteiger partial charge >= 0.3 is 6.01 Å². The summed E-state index contributed by atoms with van der Waals surface area (Å²) in [5.74, 6) is 1.05. The van der Waals surface area contributed by atoms with Gasteiger partial charge < -0.3 is 14.4 Å². The maximum Gasteiger partial charge on any atom is 0.328 e. The summed E-state index contributed by atoms with van der Waals surface area (Å²) < 4.78 is 10.9. The lowest BCUT2D eigenvalue weighted by molar-refractivity contribution is 0.122. The molecule has 0 N–H and O–H groups in total. The van der Waals surface area contributed by atoms with E-state index in [1.165, 1.54) is 0 Å². The van der Waals surface area contributed by atoms with Crippen LogP contribution in [-0.2, 0) is 4.74 Å². The Hall–Kier alpha value is -1.99. The van der Waals surface area contributed by atoms with Gasteiger partial charge in [0.2, 0.25) is 11.2 Å². The van der Waals surface area contributed by atoms with E-state index in [9.17, 15) is 0 Å². The lowest BCUT2D eigenvalue weighted by Gasteiger charge is -2.26. The maximum absolute atomic E-state index is 5.94. The zero-order chi connectivity index (χ0) is 14.7. The number of halogens is 1. The van der Waals surface area contributed by atoms with Gasteiger partial charge in [-0.2, -0.15) is 15.0 Å². The summed E-state index contributed by atoms with van der Waals surface area (Å²) in [7, 11) is 0. The number of aryl methyl sites for hydroxylation is 1. The van der Waals surface area contributed by atoms with Crippen LogP contribution in [0.5, 0.6) is 11.8 Å². The van der Waals surface area contributed by atoms with Crippen molar-refractivity contribution in [3.05, 3.63) is 29.3 Å². The van der Waals surface area contributed by atoms with Crippen molar-refractivity contribution < 1.29 is 9.47 Å². The van der Waals surface area contributed by atoms with E-state index in [-0.39, 0.29) is 11.3 Å². The molecule has 3 rings (SSSR count). The lowest BCUT2D eigenvalue weighted by Crippen LogP contribution is -2.37. The topological polar surface area (TPSA) is 73.3 Å². The highest BCUT2D eigenvalue weighted by molar-refractivity contribution is 6.28. The maximum atomic E-state index is 5.94. The third-order valence-corrected chi connectivity index (χ3v) is 3.13. The number of morpholine rings is 1. The average Bonchev–Trinajstić information content (AvgIpc) is 2.50. The average molecular weight is 308 g/mol. The lowest BCUT2D eigenvalue weighted by atomic mass is 10.4. The standard InChI is InChI=1S/C13H14ClN5O2/c1-9-2-3-10(8-15-9)21-13-17-11(14)16-12(18-13)19-4-6-20-7-5-19/h2-3,8H,4-7H2,1H3. The molecule has 1 fully saturated rings. The van der Waals surface area contributed by atoms with Gasteiger partial charge in [0, 0.05) is 18.8 Å². The van der Waals surface area contributed by atoms with E-state index in [0.29, 0.717) is 38.0 Å². The number of rotatable bonds is 3. The Kier molecular flexibility index (Phi) is 4.12. The van der Waals surface area contributed by atoms with Gasteiger partial charge in [-0.25, -0.2) is 0 Å². The van der Waals surface area contributed by atoms with Crippen LogP contribution < -0.4 is 9.64 Å². The van der Waals surface area contributed by atoms with Gasteiger partial charge in [-0.3, -0.25) is 4.98 Å². The van der Waals surface area contributed by atoms with Crippen LogP contribution >= 0.6 is 11.6 Å². The van der Waals surface area contributed by atoms with Crippen LogP contribution in [0, 0.1) is 6.92 Å². The molecule has 1 aliphatic rings. The van der Waals surface area contributed by atoms with Crippen molar-refractivity contribution >= 4 is 17.5 Å². The normalized spacial score (nSPS) is 15.0. The first-order valence-electron chi connectivity index (χ1n) is 6.55. The molecule has 1 saturated heterocycles. The molecule has 7 nitrogen and oxygen atoms in total. The first-order valence-corrected chi connectivity index (χ1v) is 6.93. The molecule has 0 aliphatic carbocycles. The molecular weight excluding hydrogens is 294 g/mol. The minimum Gasteiger partial charge on any atom is -0.422 e. The third-order valence-electron chi connectivity index (χ3n) is 2.96. The van der Waals surface area contributed by atoms with Crippen LogP contribution in [0.1, 0.15) is 5.69 Å². The fourth-order valence-electron chi connectivity index (χ4n) is 1.89. The van der Waals surface area contributed by atoms with Gasteiger partial charge in [-0.05, 0) is 30.7 Å². The highest BCUT2D eigenvalue weighted by atomic mass is 35.5. The molecule has 21 heavy (non-hydrogen) atoms. The largest absolute Gasteiger partial charge is 0.422 e. The Morgan fingerprint density at radius 2 is 2.00 bits per heavy atom. The summed E-state index contributed by atoms with van der Waals surface area (Å²) in [6.45, 7) is 4.61. The predicted molar refractivity (Wildman–Crippen MR) is 76.9 cm³/mol. The molecule has 3 heterocycles. The molecule has 0 saturated carbocycles. The molecule has 0 amide bonds. The van der Waals surface area contributed by atoms with Crippen LogP contribution in [0.3, 0.4) is 0 Å². The Balaban J connectivity index is 1.81. The van der Waals surface area contributed by atoms with Gasteiger partial charge in [0.1, 0.15) is 5.75 Å². The summed E-state index contributed by atoms with van der Waals surface area (Å²) in [6.07, 6.45) is 1.61. The number of hydrogen-bond donors (Lipinski definition) is 0. The van der Waals surface area contributed by atoms with E-state index in [2.05, 4.69) is 19.9 Å². The van der Waals surface area contributed by atoms with E-state index >= 15 is 0 Å². The molecule has 1 aliphatic heterocycles. The summed E-state index contributed by atoms with van der Waals surface area (Å²) in [6, 6.07) is 3.80. The molecule has 0 spiro atoms. The molecule has 0 aromatic carbocycles. The van der Waals surface area contributed by atoms with Crippen LogP contribution in [0.2, 0.25) is 5.28 Å². The van der Waals surface area contributed by atoms with Crippen molar-refractivity contribution in [1.29, 1.82) is 0 Å². The van der Waals surface area contributed by atoms with Crippen LogP contribution in [0.4, 0.5) is 5.95 Å². The SMILES string of the molecule is Cc1ccc(Oc2nc(Cl)nc(N3CCOCC3)n2)cn1. The van der Waals surface area contributed by atoms with Crippen molar-refractivity contribution in [1.82, 2.24) is 19.9 Å². The van der Waals surface area contributed by atoms with Crippen molar-refractivity contribution in [2.45, 2.75) is 6.92 Å². The van der Waals surface area contributed by atoms with E-state index in [1.54, 1.807) is 12.3 Å². The quantitative estimate of drug-likeness (QED) is 0.856. The smallest absolute Gasteiger partial charge is 0.328 e. The summed E-state index contributed by atoms with van der Waals surface area (Å²) >= 11 is 5.94. The first kappa shape index (κ1) is 14.0. The van der Waals surface area contributed by atoms with Crippen molar-refractivity contribution in [2.75, 3.05) is 31.2 Å². The number of ether oxygens (including phenoxy) is 2. The number of aromatic nitrogens is 4. The Morgan fingerprint density at radius 3 is 2.71 bits per heavy atom. The molecule has 0 bridgehead atoms. The zero-order valence-corrected chi connectivity index (χ0v) is 12.2. The molecule has 0 atom stereocenters. The zero-order valence-electron chi connectivity index (χ0n) is 11.5. The number of nitrogens with zero attached hydrogens (tertiary/aromatic N) is 5. The molecule has 0 unspecified atom stereocenters. The Bertz CT molecular complexity index is 616. The van der Waals surface area contributed by atoms with Crippen molar-refractivity contribution in [3.8, 4) is 11.8 Å². The predicted octanol–water partition coefficient (Wildman–Crippen LogP) is 1.86. The third kappa shape index (κ3) is 3.56. The fraction of sp³-hybridized carbons (Fsp3) is 0.385. The molecule has 110 valence electrons. The summed E-state index contributed by atoms with van der Waals surface area (Å²) in [5, 5.41) is 0.0987. The van der Waals surface area contributed by atoms with Gasteiger partial charge in [-0.15, -0.1) is 0 Å². The highest BCUT2D eigenvalue weighted by Crippen LogP contribution is 2.21.